The molecule has 182 valence electrons. The Kier molecular flexibility index (Phi) is 5.02. The van der Waals surface area contributed by atoms with Crippen molar-refractivity contribution in [1.29, 1.82) is 0 Å². The van der Waals surface area contributed by atoms with Crippen molar-refractivity contribution in [2.75, 3.05) is 4.90 Å². The Labute approximate surface area is 216 Å². The van der Waals surface area contributed by atoms with E-state index < -0.39 is 5.41 Å². The molecule has 0 unspecified atom stereocenters. The monoisotopic (exact) mass is 485 g/mol. The average Bonchev–Trinajstić information content (AvgIpc) is 3.24. The second-order valence-corrected chi connectivity index (χ2v) is 10.4. The Morgan fingerprint density at radius 1 is 0.811 bits per heavy atom. The van der Waals surface area contributed by atoms with Gasteiger partial charge in [0, 0.05) is 23.5 Å². The molecule has 0 bridgehead atoms. The van der Waals surface area contributed by atoms with Crippen LogP contribution in [0.15, 0.2) is 84.3 Å². The number of nitrogens with zero attached hydrogens (tertiary/aromatic N) is 3. The minimum absolute atomic E-state index is 0.0996. The van der Waals surface area contributed by atoms with Gasteiger partial charge >= 0.3 is 0 Å². The SMILES string of the molecule is Cc1cc(C)c(N2/C(=C/C=C3C(=O)c4nccnc4C3=O)C(C)(C)c3c2ccc2ccccc32)c(C)c1. The van der Waals surface area contributed by atoms with E-state index in [2.05, 4.69) is 98.0 Å². The van der Waals surface area contributed by atoms with Gasteiger partial charge in [-0.1, -0.05) is 61.9 Å². The van der Waals surface area contributed by atoms with Crippen molar-refractivity contribution in [2.45, 2.75) is 40.0 Å². The van der Waals surface area contributed by atoms with Gasteiger partial charge in [-0.2, -0.15) is 0 Å². The molecule has 0 saturated carbocycles. The molecule has 0 spiro atoms. The van der Waals surface area contributed by atoms with Gasteiger partial charge in [-0.15, -0.1) is 0 Å². The molecule has 0 atom stereocenters. The fourth-order valence-electron chi connectivity index (χ4n) is 6.03. The largest absolute Gasteiger partial charge is 0.312 e. The Morgan fingerprint density at radius 3 is 2.08 bits per heavy atom. The predicted molar refractivity (Wildman–Crippen MR) is 147 cm³/mol. The molecule has 5 nitrogen and oxygen atoms in total. The smallest absolute Gasteiger partial charge is 0.217 e. The number of Topliss-reactive ketones (excluding diaryl/α,β-unsaturated/α-hetero) is 2. The van der Waals surface area contributed by atoms with E-state index in [-0.39, 0.29) is 28.5 Å². The Bertz CT molecular complexity index is 1670. The second kappa shape index (κ2) is 8.07. The summed E-state index contributed by atoms with van der Waals surface area (Å²) in [6.07, 6.45) is 6.48. The maximum Gasteiger partial charge on any atom is 0.217 e. The van der Waals surface area contributed by atoms with Crippen molar-refractivity contribution in [3.05, 3.63) is 118 Å². The highest BCUT2D eigenvalue weighted by Gasteiger charge is 2.43. The highest BCUT2D eigenvalue weighted by atomic mass is 16.2. The molecule has 2 aliphatic rings. The lowest BCUT2D eigenvalue weighted by molar-refractivity contribution is 0.0986. The first-order valence-electron chi connectivity index (χ1n) is 12.4. The molecule has 0 amide bonds. The third-order valence-electron chi connectivity index (χ3n) is 7.54. The van der Waals surface area contributed by atoms with Gasteiger partial charge < -0.3 is 4.90 Å². The molecule has 5 heteroatoms. The summed E-state index contributed by atoms with van der Waals surface area (Å²) < 4.78 is 0. The number of benzene rings is 3. The normalized spacial score (nSPS) is 17.1. The number of hydrogen-bond donors (Lipinski definition) is 0. The topological polar surface area (TPSA) is 63.2 Å². The molecule has 6 rings (SSSR count). The standard InChI is InChI=1S/C32H27N3O2/c1-18-16-19(2)29(20(3)17-18)35-24-12-10-21-8-6-7-9-22(21)26(24)32(4,5)25(35)13-11-23-30(36)27-28(31(23)37)34-15-14-33-27/h6-17H,1-5H3/b25-13+. The van der Waals surface area contributed by atoms with Gasteiger partial charge in [0.1, 0.15) is 11.4 Å². The van der Waals surface area contributed by atoms with Crippen LogP contribution in [0.3, 0.4) is 0 Å². The number of rotatable bonds is 2. The molecular formula is C32H27N3O2. The Balaban J connectivity index is 1.61. The zero-order valence-corrected chi connectivity index (χ0v) is 21.6. The van der Waals surface area contributed by atoms with Crippen LogP contribution < -0.4 is 4.90 Å². The van der Waals surface area contributed by atoms with Crippen LogP contribution in [0.1, 0.15) is 57.1 Å². The maximum atomic E-state index is 13.0. The maximum absolute atomic E-state index is 13.0. The van der Waals surface area contributed by atoms with Crippen LogP contribution in [0, 0.1) is 20.8 Å². The lowest BCUT2D eigenvalue weighted by Crippen LogP contribution is -2.24. The van der Waals surface area contributed by atoms with E-state index in [1.54, 1.807) is 6.08 Å². The van der Waals surface area contributed by atoms with Crippen LogP contribution in [0.5, 0.6) is 0 Å². The van der Waals surface area contributed by atoms with Gasteiger partial charge in [0.2, 0.25) is 11.6 Å². The summed E-state index contributed by atoms with van der Waals surface area (Å²) in [6.45, 7) is 10.8. The highest BCUT2D eigenvalue weighted by Crippen LogP contribution is 2.54. The molecule has 0 radical (unpaired) electrons. The Morgan fingerprint density at radius 2 is 1.43 bits per heavy atom. The summed E-state index contributed by atoms with van der Waals surface area (Å²) in [5, 5.41) is 2.38. The number of fused-ring (bicyclic) bond motifs is 4. The number of ketones is 2. The van der Waals surface area contributed by atoms with E-state index >= 15 is 0 Å². The van der Waals surface area contributed by atoms with E-state index in [9.17, 15) is 9.59 Å². The van der Waals surface area contributed by atoms with E-state index in [0.29, 0.717) is 0 Å². The molecule has 1 aliphatic carbocycles. The minimum atomic E-state index is -0.398. The van der Waals surface area contributed by atoms with Crippen LogP contribution in [0.2, 0.25) is 0 Å². The summed E-state index contributed by atoms with van der Waals surface area (Å²) in [4.78, 5) is 36.6. The van der Waals surface area contributed by atoms with Crippen LogP contribution >= 0.6 is 0 Å². The number of aromatic nitrogens is 2. The molecule has 0 fully saturated rings. The molecule has 4 aromatic rings. The highest BCUT2D eigenvalue weighted by molar-refractivity contribution is 6.38. The number of carbonyl (C=O) groups excluding carboxylic acids is 2. The number of anilines is 2. The fourth-order valence-corrected chi connectivity index (χ4v) is 6.03. The van der Waals surface area contributed by atoms with Gasteiger partial charge in [0.15, 0.2) is 0 Å². The lowest BCUT2D eigenvalue weighted by atomic mass is 9.81. The number of hydrogen-bond acceptors (Lipinski definition) is 5. The average molecular weight is 486 g/mol. The summed E-state index contributed by atoms with van der Waals surface area (Å²) >= 11 is 0. The predicted octanol–water partition coefficient (Wildman–Crippen LogP) is 6.87. The zero-order chi connectivity index (χ0) is 26.1. The summed E-state index contributed by atoms with van der Waals surface area (Å²) in [7, 11) is 0. The van der Waals surface area contributed by atoms with Crippen LogP contribution in [0.4, 0.5) is 11.4 Å². The third-order valence-corrected chi connectivity index (χ3v) is 7.54. The van der Waals surface area contributed by atoms with Gasteiger partial charge in [-0.25, -0.2) is 9.97 Å². The van der Waals surface area contributed by atoms with E-state index in [0.717, 1.165) is 17.1 Å². The van der Waals surface area contributed by atoms with Gasteiger partial charge in [0.25, 0.3) is 0 Å². The molecular weight excluding hydrogens is 458 g/mol. The van der Waals surface area contributed by atoms with E-state index in [4.69, 9.17) is 0 Å². The quantitative estimate of drug-likeness (QED) is 0.229. The van der Waals surface area contributed by atoms with Crippen LogP contribution in [-0.2, 0) is 5.41 Å². The molecule has 2 heterocycles. The molecule has 37 heavy (non-hydrogen) atoms. The first-order chi connectivity index (χ1) is 17.7. The minimum Gasteiger partial charge on any atom is -0.312 e. The molecule has 1 aromatic heterocycles. The molecule has 0 saturated heterocycles. The van der Waals surface area contributed by atoms with Gasteiger partial charge in [0.05, 0.1) is 16.9 Å². The summed E-state index contributed by atoms with van der Waals surface area (Å²) in [5.74, 6) is -0.754. The number of allylic oxidation sites excluding steroid dienone is 4. The van der Waals surface area contributed by atoms with Crippen molar-refractivity contribution >= 4 is 33.7 Å². The van der Waals surface area contributed by atoms with Gasteiger partial charge in [-0.05, 0) is 66.5 Å². The van der Waals surface area contributed by atoms with E-state index in [1.165, 1.54) is 45.4 Å². The molecule has 3 aromatic carbocycles. The second-order valence-electron chi connectivity index (χ2n) is 10.4. The summed E-state index contributed by atoms with van der Waals surface area (Å²) in [5.41, 5.74) is 7.95. The summed E-state index contributed by atoms with van der Waals surface area (Å²) in [6, 6.07) is 17.2. The van der Waals surface area contributed by atoms with Crippen molar-refractivity contribution in [3.63, 3.8) is 0 Å². The first-order valence-corrected chi connectivity index (χ1v) is 12.4. The third kappa shape index (κ3) is 3.30. The van der Waals surface area contributed by atoms with Crippen molar-refractivity contribution in [3.8, 4) is 0 Å². The Hall–Kier alpha value is -4.38. The number of aryl methyl sites for hydroxylation is 3. The van der Waals surface area contributed by atoms with E-state index in [1.807, 2.05) is 6.08 Å². The molecule has 0 N–H and O–H groups in total. The van der Waals surface area contributed by atoms with Gasteiger partial charge in [-0.3, -0.25) is 9.59 Å². The van der Waals surface area contributed by atoms with Crippen molar-refractivity contribution < 1.29 is 9.59 Å². The van der Waals surface area contributed by atoms with Crippen LogP contribution in [0.25, 0.3) is 10.8 Å². The van der Waals surface area contributed by atoms with Crippen molar-refractivity contribution in [1.82, 2.24) is 9.97 Å². The lowest BCUT2D eigenvalue weighted by Gasteiger charge is -2.30. The number of carbonyl (C=O) groups is 2. The molecule has 1 aliphatic heterocycles. The zero-order valence-electron chi connectivity index (χ0n) is 21.6. The van der Waals surface area contributed by atoms with Crippen LogP contribution in [-0.4, -0.2) is 21.5 Å². The first kappa shape index (κ1) is 23.0. The van der Waals surface area contributed by atoms with Crippen molar-refractivity contribution in [2.24, 2.45) is 0 Å². The fraction of sp³-hybridized carbons (Fsp3) is 0.188.